The van der Waals surface area contributed by atoms with E-state index in [0.717, 1.165) is 0 Å². The number of aromatic nitrogens is 1. The van der Waals surface area contributed by atoms with Gasteiger partial charge in [-0.3, -0.25) is 0 Å². The second-order valence-corrected chi connectivity index (χ2v) is 4.43. The number of nitrogens with one attached hydrogen (secondary N) is 1. The molecule has 1 aromatic carbocycles. The van der Waals surface area contributed by atoms with Crippen molar-refractivity contribution in [2.24, 2.45) is 0 Å². The summed E-state index contributed by atoms with van der Waals surface area (Å²) in [7, 11) is 4.44. The number of rotatable bonds is 3. The maximum atomic E-state index is 13.1. The molecule has 0 aliphatic rings. The molecule has 0 aliphatic carbocycles. The van der Waals surface area contributed by atoms with Gasteiger partial charge in [-0.15, -0.1) is 0 Å². The van der Waals surface area contributed by atoms with Crippen molar-refractivity contribution in [2.75, 3.05) is 26.6 Å². The van der Waals surface area contributed by atoms with Gasteiger partial charge in [0, 0.05) is 24.7 Å². The van der Waals surface area contributed by atoms with Gasteiger partial charge in [0.1, 0.15) is 17.2 Å². The Hall–Kier alpha value is -2.18. The number of anilines is 1. The zero-order chi connectivity index (χ0) is 15.8. The van der Waals surface area contributed by atoms with Crippen LogP contribution in [-0.2, 0) is 6.18 Å². The van der Waals surface area contributed by atoms with Crippen LogP contribution in [0.4, 0.5) is 18.9 Å². The van der Waals surface area contributed by atoms with Gasteiger partial charge in [-0.2, -0.15) is 13.2 Å². The van der Waals surface area contributed by atoms with E-state index in [0.29, 0.717) is 22.6 Å². The second kappa shape index (κ2) is 5.31. The number of methoxy groups -OCH3 is 2. The molecule has 1 aromatic heterocycles. The highest BCUT2D eigenvalue weighted by atomic mass is 19.4. The van der Waals surface area contributed by atoms with Crippen molar-refractivity contribution in [3.8, 4) is 11.5 Å². The van der Waals surface area contributed by atoms with E-state index in [1.54, 1.807) is 13.1 Å². The molecule has 0 unspecified atom stereocenters. The third-order valence-electron chi connectivity index (χ3n) is 3.24. The second-order valence-electron chi connectivity index (χ2n) is 4.43. The van der Waals surface area contributed by atoms with Gasteiger partial charge in [0.05, 0.1) is 30.8 Å². The van der Waals surface area contributed by atoms with Crippen LogP contribution in [0.3, 0.4) is 0 Å². The zero-order valence-corrected chi connectivity index (χ0v) is 12.1. The Balaban J connectivity index is 2.93. The highest BCUT2D eigenvalue weighted by molar-refractivity contribution is 5.99. The van der Waals surface area contributed by atoms with Crippen LogP contribution in [0.25, 0.3) is 10.9 Å². The molecule has 0 atom stereocenters. The molecule has 4 nitrogen and oxygen atoms in total. The van der Waals surface area contributed by atoms with Gasteiger partial charge in [0.15, 0.2) is 0 Å². The maximum Gasteiger partial charge on any atom is 0.433 e. The van der Waals surface area contributed by atoms with Crippen molar-refractivity contribution in [1.82, 2.24) is 4.98 Å². The monoisotopic (exact) mass is 300 g/mol. The van der Waals surface area contributed by atoms with Crippen LogP contribution in [0, 0.1) is 6.92 Å². The zero-order valence-electron chi connectivity index (χ0n) is 12.1. The fraction of sp³-hybridized carbons (Fsp3) is 0.357. The van der Waals surface area contributed by atoms with Crippen LogP contribution in [0.1, 0.15) is 11.3 Å². The molecule has 1 heterocycles. The first-order valence-electron chi connectivity index (χ1n) is 6.14. The first-order valence-corrected chi connectivity index (χ1v) is 6.14. The number of hydrogen-bond donors (Lipinski definition) is 1. The summed E-state index contributed by atoms with van der Waals surface area (Å²) >= 11 is 0. The Morgan fingerprint density at radius 3 is 2.29 bits per heavy atom. The Labute approximate surface area is 119 Å². The van der Waals surface area contributed by atoms with Gasteiger partial charge in [0.2, 0.25) is 0 Å². The fourth-order valence-electron chi connectivity index (χ4n) is 2.29. The Morgan fingerprint density at radius 1 is 1.14 bits per heavy atom. The molecule has 114 valence electrons. The van der Waals surface area contributed by atoms with Gasteiger partial charge < -0.3 is 14.8 Å². The molecule has 0 bridgehead atoms. The lowest BCUT2D eigenvalue weighted by molar-refractivity contribution is -0.141. The number of nitrogens with zero attached hydrogens (tertiary/aromatic N) is 1. The maximum absolute atomic E-state index is 13.1. The summed E-state index contributed by atoms with van der Waals surface area (Å²) in [4.78, 5) is 3.75. The third kappa shape index (κ3) is 2.55. The molecule has 7 heteroatoms. The molecule has 0 saturated heterocycles. The number of hydrogen-bond acceptors (Lipinski definition) is 4. The lowest BCUT2D eigenvalue weighted by atomic mass is 10.1. The molecule has 0 amide bonds. The molecule has 0 fully saturated rings. The van der Waals surface area contributed by atoms with Crippen molar-refractivity contribution in [2.45, 2.75) is 13.1 Å². The van der Waals surface area contributed by atoms with Gasteiger partial charge in [0.25, 0.3) is 0 Å². The Kier molecular flexibility index (Phi) is 3.85. The molecule has 0 saturated carbocycles. The minimum atomic E-state index is -4.53. The van der Waals surface area contributed by atoms with E-state index in [9.17, 15) is 13.2 Å². The van der Waals surface area contributed by atoms with Gasteiger partial charge in [-0.05, 0) is 6.92 Å². The summed E-state index contributed by atoms with van der Waals surface area (Å²) in [5, 5.41) is 3.29. The first-order chi connectivity index (χ1) is 9.83. The molecule has 0 aliphatic heterocycles. The lowest BCUT2D eigenvalue weighted by Gasteiger charge is -2.18. The van der Waals surface area contributed by atoms with Gasteiger partial charge in [-0.25, -0.2) is 4.98 Å². The average Bonchev–Trinajstić information content (AvgIpc) is 2.44. The van der Waals surface area contributed by atoms with Gasteiger partial charge >= 0.3 is 6.18 Å². The minimum absolute atomic E-state index is 0.0287. The number of halogens is 3. The van der Waals surface area contributed by atoms with E-state index in [-0.39, 0.29) is 11.1 Å². The highest BCUT2D eigenvalue weighted by Gasteiger charge is 2.36. The van der Waals surface area contributed by atoms with Crippen LogP contribution in [0.15, 0.2) is 12.1 Å². The van der Waals surface area contributed by atoms with E-state index in [4.69, 9.17) is 9.47 Å². The van der Waals surface area contributed by atoms with E-state index in [1.165, 1.54) is 27.2 Å². The van der Waals surface area contributed by atoms with Crippen molar-refractivity contribution >= 4 is 16.6 Å². The molecule has 0 radical (unpaired) electrons. The number of benzene rings is 1. The molecular formula is C14H15F3N2O2. The average molecular weight is 300 g/mol. The number of fused-ring (bicyclic) bond motifs is 1. The van der Waals surface area contributed by atoms with Crippen LogP contribution in [0.2, 0.25) is 0 Å². The summed E-state index contributed by atoms with van der Waals surface area (Å²) in [6.45, 7) is 1.38. The minimum Gasteiger partial charge on any atom is -0.497 e. The molecular weight excluding hydrogens is 285 g/mol. The van der Waals surface area contributed by atoms with Crippen LogP contribution >= 0.6 is 0 Å². The standard InChI is InChI=1S/C14H15F3N2O2/c1-7-12(18-2)11-9(19-13(7)14(15,16)17)5-8(20-3)6-10(11)21-4/h5-6H,1-4H3,(H,18,19). The molecule has 0 spiro atoms. The highest BCUT2D eigenvalue weighted by Crippen LogP contribution is 2.41. The SMILES string of the molecule is CNc1c(C)c(C(F)(F)F)nc2cc(OC)cc(OC)c12. The number of pyridine rings is 1. The third-order valence-corrected chi connectivity index (χ3v) is 3.24. The molecule has 21 heavy (non-hydrogen) atoms. The largest absolute Gasteiger partial charge is 0.497 e. The smallest absolute Gasteiger partial charge is 0.433 e. The Bertz CT molecular complexity index is 684. The van der Waals surface area contributed by atoms with E-state index >= 15 is 0 Å². The number of ether oxygens (including phenoxy) is 2. The van der Waals surface area contributed by atoms with Crippen molar-refractivity contribution in [3.63, 3.8) is 0 Å². The van der Waals surface area contributed by atoms with Crippen LogP contribution < -0.4 is 14.8 Å². The fourth-order valence-corrected chi connectivity index (χ4v) is 2.29. The van der Waals surface area contributed by atoms with Crippen LogP contribution in [0.5, 0.6) is 11.5 Å². The Morgan fingerprint density at radius 2 is 1.81 bits per heavy atom. The molecule has 1 N–H and O–H groups in total. The number of alkyl halides is 3. The molecule has 2 aromatic rings. The van der Waals surface area contributed by atoms with Crippen LogP contribution in [-0.4, -0.2) is 26.3 Å². The molecule has 2 rings (SSSR count). The summed E-state index contributed by atoms with van der Waals surface area (Å²) in [5.74, 6) is 0.781. The topological polar surface area (TPSA) is 43.4 Å². The first kappa shape index (κ1) is 15.2. The van der Waals surface area contributed by atoms with E-state index in [1.807, 2.05) is 0 Å². The normalized spacial score (nSPS) is 11.6. The summed E-state index contributed by atoms with van der Waals surface area (Å²) in [6, 6.07) is 3.06. The predicted octanol–water partition coefficient (Wildman–Crippen LogP) is 3.62. The van der Waals surface area contributed by atoms with Crippen molar-refractivity contribution < 1.29 is 22.6 Å². The summed E-state index contributed by atoms with van der Waals surface area (Å²) < 4.78 is 49.6. The summed E-state index contributed by atoms with van der Waals surface area (Å²) in [6.07, 6.45) is -4.53. The van der Waals surface area contributed by atoms with E-state index < -0.39 is 11.9 Å². The van der Waals surface area contributed by atoms with Crippen molar-refractivity contribution in [1.29, 1.82) is 0 Å². The lowest BCUT2D eigenvalue weighted by Crippen LogP contribution is -2.13. The predicted molar refractivity (Wildman–Crippen MR) is 74.1 cm³/mol. The quantitative estimate of drug-likeness (QED) is 0.940. The van der Waals surface area contributed by atoms with E-state index in [2.05, 4.69) is 10.3 Å². The van der Waals surface area contributed by atoms with Crippen molar-refractivity contribution in [3.05, 3.63) is 23.4 Å². The van der Waals surface area contributed by atoms with Gasteiger partial charge in [-0.1, -0.05) is 0 Å². The summed E-state index contributed by atoms with van der Waals surface area (Å²) in [5.41, 5.74) is -0.393.